The molecule has 16 heavy (non-hydrogen) atoms. The van der Waals surface area contributed by atoms with Crippen LogP contribution in [-0.2, 0) is 4.79 Å². The second-order valence-corrected chi connectivity index (χ2v) is 4.72. The van der Waals surface area contributed by atoms with Gasteiger partial charge in [0.05, 0.1) is 5.70 Å². The van der Waals surface area contributed by atoms with E-state index >= 15 is 0 Å². The van der Waals surface area contributed by atoms with Crippen molar-refractivity contribution in [3.63, 3.8) is 0 Å². The lowest BCUT2D eigenvalue weighted by Gasteiger charge is -2.43. The number of allylic oxidation sites excluding steroid dienone is 3. The van der Waals surface area contributed by atoms with Crippen LogP contribution in [-0.4, -0.2) is 16.8 Å². The molecule has 1 fully saturated rings. The lowest BCUT2D eigenvalue weighted by molar-refractivity contribution is -0.104. The van der Waals surface area contributed by atoms with Crippen LogP contribution in [0.15, 0.2) is 35.8 Å². The number of carbonyl (C=O) groups is 1. The second-order valence-electron chi connectivity index (χ2n) is 4.72. The van der Waals surface area contributed by atoms with Crippen molar-refractivity contribution in [2.24, 2.45) is 0 Å². The highest BCUT2D eigenvalue weighted by Gasteiger charge is 2.42. The van der Waals surface area contributed by atoms with Gasteiger partial charge < -0.3 is 10.2 Å². The van der Waals surface area contributed by atoms with Gasteiger partial charge in [0.2, 0.25) is 0 Å². The molecule has 1 N–H and O–H groups in total. The first-order chi connectivity index (χ1) is 7.86. The monoisotopic (exact) mass is 216 g/mol. The summed E-state index contributed by atoms with van der Waals surface area (Å²) in [6.07, 6.45) is 15.0. The van der Waals surface area contributed by atoms with E-state index in [1.807, 2.05) is 18.4 Å². The average Bonchev–Trinajstić information content (AvgIpc) is 2.70. The van der Waals surface area contributed by atoms with Gasteiger partial charge in [-0.1, -0.05) is 6.42 Å². The second kappa shape index (κ2) is 3.51. The Morgan fingerprint density at radius 2 is 2.12 bits per heavy atom. The van der Waals surface area contributed by atoms with Crippen molar-refractivity contribution in [2.45, 2.75) is 37.8 Å². The largest absolute Gasteiger partial charge is 0.367 e. The molecule has 3 nitrogen and oxygen atoms in total. The molecule has 0 radical (unpaired) electrons. The van der Waals surface area contributed by atoms with Crippen molar-refractivity contribution in [2.75, 3.05) is 0 Å². The predicted octanol–water partition coefficient (Wildman–Crippen LogP) is 2.05. The van der Waals surface area contributed by atoms with Crippen molar-refractivity contribution >= 4 is 6.29 Å². The first-order valence-corrected chi connectivity index (χ1v) is 5.97. The molecular formula is C13H16N2O. The number of nitrogens with zero attached hydrogens (tertiary/aromatic N) is 1. The molecule has 0 aromatic rings. The lowest BCUT2D eigenvalue weighted by Crippen LogP contribution is -2.51. The van der Waals surface area contributed by atoms with Gasteiger partial charge in [-0.15, -0.1) is 0 Å². The topological polar surface area (TPSA) is 32.3 Å². The summed E-state index contributed by atoms with van der Waals surface area (Å²) in [5.41, 5.74) is 1.85. The molecule has 2 heterocycles. The molecule has 3 rings (SSSR count). The van der Waals surface area contributed by atoms with Gasteiger partial charge in [-0.25, -0.2) is 0 Å². The maximum Gasteiger partial charge on any atom is 0.152 e. The molecule has 1 saturated carbocycles. The average molecular weight is 216 g/mol. The Balaban J connectivity index is 1.93. The molecular weight excluding hydrogens is 200 g/mol. The van der Waals surface area contributed by atoms with Crippen LogP contribution >= 0.6 is 0 Å². The zero-order valence-electron chi connectivity index (χ0n) is 9.28. The molecule has 0 aromatic heterocycles. The summed E-state index contributed by atoms with van der Waals surface area (Å²) < 4.78 is 0. The van der Waals surface area contributed by atoms with E-state index in [0.29, 0.717) is 0 Å². The standard InChI is InChI=1S/C13H16N2O/c16-10-11-5-4-8-15-12(11)9-14-13(15)6-2-1-3-7-13/h4-5,8-10,14H,1-3,6-7H2. The van der Waals surface area contributed by atoms with Crippen LogP contribution in [0.4, 0.5) is 0 Å². The number of fused-ring (bicyclic) bond motifs is 2. The van der Waals surface area contributed by atoms with E-state index in [0.717, 1.165) is 30.4 Å². The predicted molar refractivity (Wildman–Crippen MR) is 62.2 cm³/mol. The molecule has 1 aliphatic carbocycles. The number of hydrogen-bond acceptors (Lipinski definition) is 3. The molecule has 0 unspecified atom stereocenters. The maximum absolute atomic E-state index is 11.0. The number of nitrogens with one attached hydrogen (secondary N) is 1. The Kier molecular flexibility index (Phi) is 2.13. The highest BCUT2D eigenvalue weighted by molar-refractivity contribution is 5.81. The zero-order chi connectivity index (χ0) is 11.0. The third-order valence-corrected chi connectivity index (χ3v) is 3.81. The number of hydrogen-bond donors (Lipinski definition) is 1. The summed E-state index contributed by atoms with van der Waals surface area (Å²) in [6, 6.07) is 0. The van der Waals surface area contributed by atoms with Crippen molar-refractivity contribution in [1.29, 1.82) is 0 Å². The van der Waals surface area contributed by atoms with E-state index in [2.05, 4.69) is 16.4 Å². The third-order valence-electron chi connectivity index (χ3n) is 3.81. The van der Waals surface area contributed by atoms with Crippen molar-refractivity contribution in [3.8, 4) is 0 Å². The molecule has 0 amide bonds. The number of carbonyl (C=O) groups excluding carboxylic acids is 1. The van der Waals surface area contributed by atoms with Gasteiger partial charge in [0, 0.05) is 18.0 Å². The van der Waals surface area contributed by atoms with Gasteiger partial charge in [0.15, 0.2) is 6.29 Å². The summed E-state index contributed by atoms with van der Waals surface area (Å²) in [6.45, 7) is 0. The number of rotatable bonds is 1. The molecule has 0 saturated heterocycles. The molecule has 3 aliphatic rings. The molecule has 84 valence electrons. The minimum Gasteiger partial charge on any atom is -0.367 e. The van der Waals surface area contributed by atoms with Crippen LogP contribution in [0.25, 0.3) is 0 Å². The van der Waals surface area contributed by atoms with Gasteiger partial charge >= 0.3 is 0 Å². The van der Waals surface area contributed by atoms with Crippen molar-refractivity contribution < 1.29 is 4.79 Å². The molecule has 1 spiro atoms. The molecule has 2 aliphatic heterocycles. The highest BCUT2D eigenvalue weighted by Crippen LogP contribution is 2.40. The van der Waals surface area contributed by atoms with Gasteiger partial charge in [-0.2, -0.15) is 0 Å². The van der Waals surface area contributed by atoms with Crippen molar-refractivity contribution in [3.05, 3.63) is 35.8 Å². The highest BCUT2D eigenvalue weighted by atomic mass is 16.1. The minimum atomic E-state index is 0.0482. The van der Waals surface area contributed by atoms with E-state index in [9.17, 15) is 4.79 Å². The third kappa shape index (κ3) is 1.24. The molecule has 3 heteroatoms. The van der Waals surface area contributed by atoms with Crippen LogP contribution in [0.1, 0.15) is 32.1 Å². The quantitative estimate of drug-likeness (QED) is 0.681. The number of aldehydes is 1. The maximum atomic E-state index is 11.0. The van der Waals surface area contributed by atoms with Crippen LogP contribution < -0.4 is 5.32 Å². The lowest BCUT2D eigenvalue weighted by atomic mass is 9.88. The Morgan fingerprint density at radius 1 is 1.31 bits per heavy atom. The van der Waals surface area contributed by atoms with Gasteiger partial charge in [-0.05, 0) is 37.8 Å². The molecule has 0 aromatic carbocycles. The smallest absolute Gasteiger partial charge is 0.152 e. The van der Waals surface area contributed by atoms with Crippen LogP contribution in [0.2, 0.25) is 0 Å². The van der Waals surface area contributed by atoms with Crippen LogP contribution in [0, 0.1) is 0 Å². The summed E-state index contributed by atoms with van der Waals surface area (Å²) >= 11 is 0. The van der Waals surface area contributed by atoms with E-state index in [1.165, 1.54) is 19.3 Å². The van der Waals surface area contributed by atoms with Crippen molar-refractivity contribution in [1.82, 2.24) is 10.2 Å². The van der Waals surface area contributed by atoms with Gasteiger partial charge in [0.25, 0.3) is 0 Å². The van der Waals surface area contributed by atoms with E-state index in [4.69, 9.17) is 0 Å². The zero-order valence-corrected chi connectivity index (χ0v) is 9.28. The van der Waals surface area contributed by atoms with E-state index in [1.54, 1.807) is 0 Å². The van der Waals surface area contributed by atoms with Crippen LogP contribution in [0.3, 0.4) is 0 Å². The molecule has 0 atom stereocenters. The fourth-order valence-corrected chi connectivity index (χ4v) is 2.96. The minimum absolute atomic E-state index is 0.0482. The summed E-state index contributed by atoms with van der Waals surface area (Å²) in [5.74, 6) is 0. The summed E-state index contributed by atoms with van der Waals surface area (Å²) in [4.78, 5) is 13.2. The normalized spacial score (nSPS) is 25.9. The van der Waals surface area contributed by atoms with E-state index < -0.39 is 0 Å². The Bertz CT molecular complexity index is 400. The molecule has 0 bridgehead atoms. The van der Waals surface area contributed by atoms with Gasteiger partial charge in [0.1, 0.15) is 5.66 Å². The fourth-order valence-electron chi connectivity index (χ4n) is 2.96. The van der Waals surface area contributed by atoms with Crippen LogP contribution in [0.5, 0.6) is 0 Å². The fraction of sp³-hybridized carbons (Fsp3) is 0.462. The Hall–Kier alpha value is -1.51. The SMILES string of the molecule is O=CC1=CC=CN2C1=CNC21CCCCC1. The Labute approximate surface area is 95.5 Å². The Morgan fingerprint density at radius 3 is 2.88 bits per heavy atom. The van der Waals surface area contributed by atoms with E-state index in [-0.39, 0.29) is 5.66 Å². The summed E-state index contributed by atoms with van der Waals surface area (Å²) in [7, 11) is 0. The summed E-state index contributed by atoms with van der Waals surface area (Å²) in [5, 5.41) is 3.49. The first kappa shape index (κ1) is 9.70. The first-order valence-electron chi connectivity index (χ1n) is 5.97. The van der Waals surface area contributed by atoms with Gasteiger partial charge in [-0.3, -0.25) is 4.79 Å².